The van der Waals surface area contributed by atoms with Crippen LogP contribution < -0.4 is 0 Å². The number of halogens is 1. The minimum Gasteiger partial charge on any atom is -0.356 e. The van der Waals surface area contributed by atoms with E-state index in [0.29, 0.717) is 11.3 Å². The first-order chi connectivity index (χ1) is 6.57. The standard InChI is InChI=1S/C7H4ClNO3S2/c8-14(10,11)7-3-5(4-13-7)6-1-2-9-12-6/h1-4H. The van der Waals surface area contributed by atoms with Crippen molar-refractivity contribution >= 4 is 31.1 Å². The third kappa shape index (κ3) is 1.82. The SMILES string of the molecule is O=S(=O)(Cl)c1cc(-c2ccno2)cs1. The topological polar surface area (TPSA) is 60.2 Å². The number of thiophene rings is 1. The number of nitrogens with zero attached hydrogens (tertiary/aromatic N) is 1. The molecule has 2 aromatic rings. The molecule has 0 aliphatic rings. The number of hydrogen-bond acceptors (Lipinski definition) is 5. The van der Waals surface area contributed by atoms with Gasteiger partial charge in [0.2, 0.25) is 0 Å². The summed E-state index contributed by atoms with van der Waals surface area (Å²) in [7, 11) is 1.53. The van der Waals surface area contributed by atoms with Crippen molar-refractivity contribution in [3.63, 3.8) is 0 Å². The zero-order valence-corrected chi connectivity index (χ0v) is 9.06. The highest BCUT2D eigenvalue weighted by Gasteiger charge is 2.14. The molecule has 0 saturated heterocycles. The average Bonchev–Trinajstić information content (AvgIpc) is 2.73. The molecular weight excluding hydrogens is 246 g/mol. The van der Waals surface area contributed by atoms with Crippen LogP contribution >= 0.6 is 22.0 Å². The molecule has 0 unspecified atom stereocenters. The van der Waals surface area contributed by atoms with Crippen LogP contribution in [0.25, 0.3) is 11.3 Å². The maximum absolute atomic E-state index is 10.9. The summed E-state index contributed by atoms with van der Waals surface area (Å²) in [6, 6.07) is 3.10. The molecule has 4 nitrogen and oxygen atoms in total. The second kappa shape index (κ2) is 3.38. The zero-order chi connectivity index (χ0) is 10.2. The molecule has 0 aliphatic carbocycles. The predicted molar refractivity (Wildman–Crippen MR) is 52.9 cm³/mol. The molecule has 0 fully saturated rings. The van der Waals surface area contributed by atoms with Crippen LogP contribution in [0.5, 0.6) is 0 Å². The van der Waals surface area contributed by atoms with E-state index in [1.807, 2.05) is 0 Å². The van der Waals surface area contributed by atoms with Crippen molar-refractivity contribution in [1.29, 1.82) is 0 Å². The molecule has 2 rings (SSSR count). The molecule has 2 heterocycles. The molecular formula is C7H4ClNO3S2. The summed E-state index contributed by atoms with van der Waals surface area (Å²) in [5.41, 5.74) is 0.659. The largest absolute Gasteiger partial charge is 0.356 e. The van der Waals surface area contributed by atoms with E-state index in [1.165, 1.54) is 12.3 Å². The van der Waals surface area contributed by atoms with E-state index in [9.17, 15) is 8.42 Å². The molecule has 0 bridgehead atoms. The van der Waals surface area contributed by atoms with Crippen LogP contribution in [0.1, 0.15) is 0 Å². The van der Waals surface area contributed by atoms with Gasteiger partial charge in [-0.25, -0.2) is 8.42 Å². The van der Waals surface area contributed by atoms with Gasteiger partial charge in [0.1, 0.15) is 4.21 Å². The van der Waals surface area contributed by atoms with Gasteiger partial charge in [-0.05, 0) is 6.07 Å². The second-order valence-electron chi connectivity index (χ2n) is 2.47. The predicted octanol–water partition coefficient (Wildman–Crippen LogP) is 2.33. The van der Waals surface area contributed by atoms with Crippen molar-refractivity contribution in [2.45, 2.75) is 4.21 Å². The smallest absolute Gasteiger partial charge is 0.270 e. The van der Waals surface area contributed by atoms with Gasteiger partial charge in [0.05, 0.1) is 6.20 Å². The van der Waals surface area contributed by atoms with Crippen molar-refractivity contribution in [3.8, 4) is 11.3 Å². The van der Waals surface area contributed by atoms with E-state index in [2.05, 4.69) is 5.16 Å². The maximum atomic E-state index is 10.9. The first kappa shape index (κ1) is 9.70. The highest BCUT2D eigenvalue weighted by Crippen LogP contribution is 2.29. The maximum Gasteiger partial charge on any atom is 0.270 e. The Kier molecular flexibility index (Phi) is 2.34. The monoisotopic (exact) mass is 249 g/mol. The molecule has 14 heavy (non-hydrogen) atoms. The molecule has 0 aromatic carbocycles. The fourth-order valence-corrected chi connectivity index (χ4v) is 2.89. The Bertz CT molecular complexity index is 529. The quantitative estimate of drug-likeness (QED) is 0.767. The molecule has 7 heteroatoms. The lowest BCUT2D eigenvalue weighted by Gasteiger charge is -1.86. The van der Waals surface area contributed by atoms with Gasteiger partial charge in [0.25, 0.3) is 9.05 Å². The van der Waals surface area contributed by atoms with Crippen LogP contribution in [0.15, 0.2) is 32.4 Å². The van der Waals surface area contributed by atoms with Crippen molar-refractivity contribution in [1.82, 2.24) is 5.16 Å². The van der Waals surface area contributed by atoms with Gasteiger partial charge in [-0.1, -0.05) is 5.16 Å². The zero-order valence-electron chi connectivity index (χ0n) is 6.68. The summed E-state index contributed by atoms with van der Waals surface area (Å²) in [6.07, 6.45) is 1.49. The van der Waals surface area contributed by atoms with Gasteiger partial charge in [-0.15, -0.1) is 11.3 Å². The Morgan fingerprint density at radius 1 is 1.50 bits per heavy atom. The molecule has 74 valence electrons. The Labute approximate surface area is 88.5 Å². The van der Waals surface area contributed by atoms with E-state index >= 15 is 0 Å². The third-order valence-corrected chi connectivity index (χ3v) is 4.58. The fraction of sp³-hybridized carbons (Fsp3) is 0. The summed E-state index contributed by atoms with van der Waals surface area (Å²) in [5.74, 6) is 0.521. The summed E-state index contributed by atoms with van der Waals surface area (Å²) < 4.78 is 26.9. The average molecular weight is 250 g/mol. The van der Waals surface area contributed by atoms with Crippen molar-refractivity contribution < 1.29 is 12.9 Å². The van der Waals surface area contributed by atoms with Crippen LogP contribution in [0.3, 0.4) is 0 Å². The molecule has 0 radical (unpaired) electrons. The van der Waals surface area contributed by atoms with Crippen molar-refractivity contribution in [3.05, 3.63) is 23.7 Å². The summed E-state index contributed by atoms with van der Waals surface area (Å²) in [5, 5.41) is 5.17. The Hall–Kier alpha value is -0.850. The van der Waals surface area contributed by atoms with Crippen LogP contribution in [0, 0.1) is 0 Å². The van der Waals surface area contributed by atoms with E-state index in [-0.39, 0.29) is 4.21 Å². The van der Waals surface area contributed by atoms with E-state index in [4.69, 9.17) is 15.2 Å². The lowest BCUT2D eigenvalue weighted by molar-refractivity contribution is 0.432. The Morgan fingerprint density at radius 2 is 2.29 bits per heavy atom. The number of hydrogen-bond donors (Lipinski definition) is 0. The molecule has 0 atom stereocenters. The van der Waals surface area contributed by atoms with Gasteiger partial charge >= 0.3 is 0 Å². The van der Waals surface area contributed by atoms with Crippen LogP contribution in [-0.2, 0) is 9.05 Å². The fourth-order valence-electron chi connectivity index (χ4n) is 0.938. The summed E-state index contributed by atoms with van der Waals surface area (Å²) >= 11 is 1.05. The van der Waals surface area contributed by atoms with Crippen LogP contribution in [0.4, 0.5) is 0 Å². The van der Waals surface area contributed by atoms with Crippen LogP contribution in [-0.4, -0.2) is 13.6 Å². The third-order valence-electron chi connectivity index (χ3n) is 1.54. The molecule has 0 aliphatic heterocycles. The Morgan fingerprint density at radius 3 is 2.79 bits per heavy atom. The number of rotatable bonds is 2. The highest BCUT2D eigenvalue weighted by molar-refractivity contribution is 8.15. The Balaban J connectivity index is 2.46. The van der Waals surface area contributed by atoms with Gasteiger partial charge in [-0.2, -0.15) is 0 Å². The van der Waals surface area contributed by atoms with E-state index < -0.39 is 9.05 Å². The van der Waals surface area contributed by atoms with E-state index in [1.54, 1.807) is 11.4 Å². The summed E-state index contributed by atoms with van der Waals surface area (Å²) in [4.78, 5) is 0. The molecule has 0 spiro atoms. The molecule has 0 amide bonds. The minimum absolute atomic E-state index is 0.102. The first-order valence-corrected chi connectivity index (χ1v) is 6.70. The van der Waals surface area contributed by atoms with Gasteiger partial charge in [0.15, 0.2) is 5.76 Å². The molecule has 0 N–H and O–H groups in total. The number of aromatic nitrogens is 1. The van der Waals surface area contributed by atoms with Gasteiger partial charge in [0, 0.05) is 27.7 Å². The van der Waals surface area contributed by atoms with Gasteiger partial charge < -0.3 is 4.52 Å². The summed E-state index contributed by atoms with van der Waals surface area (Å²) in [6.45, 7) is 0. The molecule has 0 saturated carbocycles. The normalized spacial score (nSPS) is 11.8. The van der Waals surface area contributed by atoms with Gasteiger partial charge in [-0.3, -0.25) is 0 Å². The molecule has 2 aromatic heterocycles. The highest BCUT2D eigenvalue weighted by atomic mass is 35.7. The second-order valence-corrected chi connectivity index (χ2v) is 6.17. The lowest BCUT2D eigenvalue weighted by atomic mass is 10.3. The van der Waals surface area contributed by atoms with Crippen LogP contribution in [0.2, 0.25) is 0 Å². The van der Waals surface area contributed by atoms with E-state index in [0.717, 1.165) is 11.3 Å². The van der Waals surface area contributed by atoms with Crippen molar-refractivity contribution in [2.75, 3.05) is 0 Å². The first-order valence-electron chi connectivity index (χ1n) is 3.51. The minimum atomic E-state index is -3.64. The lowest BCUT2D eigenvalue weighted by Crippen LogP contribution is -1.83. The van der Waals surface area contributed by atoms with Crippen molar-refractivity contribution in [2.24, 2.45) is 0 Å².